The lowest BCUT2D eigenvalue weighted by atomic mass is 9.98. The van der Waals surface area contributed by atoms with Gasteiger partial charge in [0, 0.05) is 21.9 Å². The van der Waals surface area contributed by atoms with Gasteiger partial charge in [-0.25, -0.2) is 0 Å². The quantitative estimate of drug-likeness (QED) is 0.900. The lowest BCUT2D eigenvalue weighted by Crippen LogP contribution is -2.14. The maximum atomic E-state index is 6.20. The summed E-state index contributed by atoms with van der Waals surface area (Å²) in [6.45, 7) is 1.92. The third kappa shape index (κ3) is 2.60. The molecule has 0 aliphatic heterocycles. The summed E-state index contributed by atoms with van der Waals surface area (Å²) in [5.74, 6) is 0. The Morgan fingerprint density at radius 2 is 1.94 bits per heavy atom. The van der Waals surface area contributed by atoms with Crippen molar-refractivity contribution in [1.82, 2.24) is 4.98 Å². The zero-order valence-corrected chi connectivity index (χ0v) is 10.8. The molecule has 2 aromatic rings. The third-order valence-electron chi connectivity index (χ3n) is 2.68. The highest BCUT2D eigenvalue weighted by Crippen LogP contribution is 2.29. The van der Waals surface area contributed by atoms with E-state index in [1.165, 1.54) is 0 Å². The molecule has 17 heavy (non-hydrogen) atoms. The van der Waals surface area contributed by atoms with E-state index in [4.69, 9.17) is 28.9 Å². The average Bonchev–Trinajstić information content (AvgIpc) is 2.32. The van der Waals surface area contributed by atoms with Crippen molar-refractivity contribution in [2.24, 2.45) is 5.73 Å². The molecule has 0 aliphatic rings. The van der Waals surface area contributed by atoms with Crippen LogP contribution in [0.4, 0.5) is 0 Å². The fourth-order valence-electron chi connectivity index (χ4n) is 1.75. The standard InChI is InChI=1S/C13H12Cl2N2/c1-8-10(3-2-6-17-8)13(16)11-7-9(14)4-5-12(11)15/h2-7,13H,16H2,1H3. The molecule has 88 valence electrons. The van der Waals surface area contributed by atoms with Gasteiger partial charge in [-0.3, -0.25) is 4.98 Å². The molecule has 2 rings (SSSR count). The zero-order valence-electron chi connectivity index (χ0n) is 9.32. The van der Waals surface area contributed by atoms with Gasteiger partial charge >= 0.3 is 0 Å². The van der Waals surface area contributed by atoms with Crippen LogP contribution in [-0.4, -0.2) is 4.98 Å². The molecule has 0 fully saturated rings. The molecular formula is C13H12Cl2N2. The summed E-state index contributed by atoms with van der Waals surface area (Å²) in [5, 5.41) is 1.24. The molecule has 1 unspecified atom stereocenters. The SMILES string of the molecule is Cc1ncccc1C(N)c1cc(Cl)ccc1Cl. The van der Waals surface area contributed by atoms with E-state index in [1.54, 1.807) is 24.4 Å². The first kappa shape index (κ1) is 12.4. The van der Waals surface area contributed by atoms with Crippen LogP contribution >= 0.6 is 23.2 Å². The van der Waals surface area contributed by atoms with Gasteiger partial charge in [-0.2, -0.15) is 0 Å². The van der Waals surface area contributed by atoms with Crippen LogP contribution in [0.1, 0.15) is 22.9 Å². The maximum absolute atomic E-state index is 6.20. The van der Waals surface area contributed by atoms with Crippen molar-refractivity contribution in [3.8, 4) is 0 Å². The van der Waals surface area contributed by atoms with E-state index in [0.717, 1.165) is 16.8 Å². The van der Waals surface area contributed by atoms with E-state index < -0.39 is 0 Å². The number of aryl methyl sites for hydroxylation is 1. The van der Waals surface area contributed by atoms with Gasteiger partial charge < -0.3 is 5.73 Å². The molecule has 1 aromatic heterocycles. The lowest BCUT2D eigenvalue weighted by molar-refractivity contribution is 0.848. The van der Waals surface area contributed by atoms with E-state index >= 15 is 0 Å². The first-order chi connectivity index (χ1) is 8.09. The smallest absolute Gasteiger partial charge is 0.0584 e. The molecule has 2 nitrogen and oxygen atoms in total. The predicted octanol–water partition coefficient (Wildman–Crippen LogP) is 3.74. The minimum atomic E-state index is -0.310. The van der Waals surface area contributed by atoms with Gasteiger partial charge in [0.1, 0.15) is 0 Å². The Kier molecular flexibility index (Phi) is 3.67. The Labute approximate surface area is 110 Å². The van der Waals surface area contributed by atoms with Crippen LogP contribution in [0.15, 0.2) is 36.5 Å². The monoisotopic (exact) mass is 266 g/mol. The van der Waals surface area contributed by atoms with E-state index in [0.29, 0.717) is 10.0 Å². The zero-order chi connectivity index (χ0) is 12.4. The molecule has 0 aliphatic carbocycles. The second-order valence-electron chi connectivity index (χ2n) is 3.82. The van der Waals surface area contributed by atoms with E-state index in [2.05, 4.69) is 4.98 Å². The maximum Gasteiger partial charge on any atom is 0.0584 e. The molecular weight excluding hydrogens is 255 g/mol. The third-order valence-corrected chi connectivity index (χ3v) is 3.26. The summed E-state index contributed by atoms with van der Waals surface area (Å²) in [6.07, 6.45) is 1.74. The summed E-state index contributed by atoms with van der Waals surface area (Å²) in [6, 6.07) is 8.79. The highest BCUT2D eigenvalue weighted by atomic mass is 35.5. The molecule has 0 saturated carbocycles. The summed E-state index contributed by atoms with van der Waals surface area (Å²) in [4.78, 5) is 4.22. The van der Waals surface area contributed by atoms with Gasteiger partial charge in [-0.05, 0) is 42.3 Å². The van der Waals surface area contributed by atoms with Crippen LogP contribution in [-0.2, 0) is 0 Å². The van der Waals surface area contributed by atoms with Gasteiger partial charge in [0.25, 0.3) is 0 Å². The van der Waals surface area contributed by atoms with Crippen molar-refractivity contribution < 1.29 is 0 Å². The first-order valence-corrected chi connectivity index (χ1v) is 5.97. The average molecular weight is 267 g/mol. The van der Waals surface area contributed by atoms with Crippen molar-refractivity contribution in [3.05, 3.63) is 63.4 Å². The van der Waals surface area contributed by atoms with Crippen LogP contribution in [0.2, 0.25) is 10.0 Å². The molecule has 2 N–H and O–H groups in total. The van der Waals surface area contributed by atoms with Gasteiger partial charge in [0.05, 0.1) is 6.04 Å². The van der Waals surface area contributed by atoms with Gasteiger partial charge in [-0.15, -0.1) is 0 Å². The van der Waals surface area contributed by atoms with E-state index in [1.807, 2.05) is 19.1 Å². The largest absolute Gasteiger partial charge is 0.320 e. The molecule has 0 amide bonds. The Hall–Kier alpha value is -1.09. The van der Waals surface area contributed by atoms with Crippen molar-refractivity contribution in [2.75, 3.05) is 0 Å². The Morgan fingerprint density at radius 1 is 1.18 bits per heavy atom. The molecule has 0 saturated heterocycles. The number of hydrogen-bond donors (Lipinski definition) is 1. The van der Waals surface area contributed by atoms with Crippen molar-refractivity contribution >= 4 is 23.2 Å². The van der Waals surface area contributed by atoms with E-state index in [-0.39, 0.29) is 6.04 Å². The number of hydrogen-bond acceptors (Lipinski definition) is 2. The molecule has 1 heterocycles. The van der Waals surface area contributed by atoms with E-state index in [9.17, 15) is 0 Å². The summed E-state index contributed by atoms with van der Waals surface area (Å²) in [7, 11) is 0. The van der Waals surface area contributed by atoms with Crippen molar-refractivity contribution in [2.45, 2.75) is 13.0 Å². The summed E-state index contributed by atoms with van der Waals surface area (Å²) < 4.78 is 0. The topological polar surface area (TPSA) is 38.9 Å². The highest BCUT2D eigenvalue weighted by molar-refractivity contribution is 6.33. The number of aromatic nitrogens is 1. The Morgan fingerprint density at radius 3 is 2.65 bits per heavy atom. The second-order valence-corrected chi connectivity index (χ2v) is 4.67. The Bertz CT molecular complexity index is 541. The second kappa shape index (κ2) is 5.05. The number of rotatable bonds is 2. The predicted molar refractivity (Wildman–Crippen MR) is 71.5 cm³/mol. The van der Waals surface area contributed by atoms with Crippen LogP contribution in [0, 0.1) is 6.92 Å². The summed E-state index contributed by atoms with van der Waals surface area (Å²) in [5.41, 5.74) is 8.87. The number of nitrogens with two attached hydrogens (primary N) is 1. The molecule has 0 bridgehead atoms. The first-order valence-electron chi connectivity index (χ1n) is 5.21. The Balaban J connectivity index is 2.47. The van der Waals surface area contributed by atoms with Crippen molar-refractivity contribution in [1.29, 1.82) is 0 Å². The van der Waals surface area contributed by atoms with Crippen LogP contribution < -0.4 is 5.73 Å². The molecule has 4 heteroatoms. The number of nitrogens with zero attached hydrogens (tertiary/aromatic N) is 1. The molecule has 0 spiro atoms. The van der Waals surface area contributed by atoms with Gasteiger partial charge in [-0.1, -0.05) is 29.3 Å². The minimum absolute atomic E-state index is 0.310. The minimum Gasteiger partial charge on any atom is -0.320 e. The van der Waals surface area contributed by atoms with Crippen LogP contribution in [0.5, 0.6) is 0 Å². The highest BCUT2D eigenvalue weighted by Gasteiger charge is 2.15. The summed E-state index contributed by atoms with van der Waals surface area (Å²) >= 11 is 12.1. The molecule has 1 atom stereocenters. The van der Waals surface area contributed by atoms with Crippen LogP contribution in [0.3, 0.4) is 0 Å². The number of benzene rings is 1. The van der Waals surface area contributed by atoms with Crippen LogP contribution in [0.25, 0.3) is 0 Å². The molecule has 1 aromatic carbocycles. The van der Waals surface area contributed by atoms with Crippen molar-refractivity contribution in [3.63, 3.8) is 0 Å². The fraction of sp³-hybridized carbons (Fsp3) is 0.154. The fourth-order valence-corrected chi connectivity index (χ4v) is 2.16. The lowest BCUT2D eigenvalue weighted by Gasteiger charge is -2.16. The molecule has 0 radical (unpaired) electrons. The van der Waals surface area contributed by atoms with Gasteiger partial charge in [0.2, 0.25) is 0 Å². The normalized spacial score (nSPS) is 12.5. The number of halogens is 2. The van der Waals surface area contributed by atoms with Gasteiger partial charge in [0.15, 0.2) is 0 Å². The number of pyridine rings is 1.